The van der Waals surface area contributed by atoms with Crippen LogP contribution in [-0.4, -0.2) is 22.6 Å². The van der Waals surface area contributed by atoms with Crippen LogP contribution < -0.4 is 0 Å². The normalized spacial score (nSPS) is 18.9. The van der Waals surface area contributed by atoms with E-state index in [-0.39, 0.29) is 11.2 Å². The van der Waals surface area contributed by atoms with Crippen molar-refractivity contribution in [1.82, 2.24) is 0 Å². The van der Waals surface area contributed by atoms with Crippen molar-refractivity contribution < 1.29 is 4.79 Å². The van der Waals surface area contributed by atoms with E-state index in [0.29, 0.717) is 5.75 Å². The molecular formula is C9H14ClNOS. The Labute approximate surface area is 88.3 Å². The maximum absolute atomic E-state index is 11.1. The van der Waals surface area contributed by atoms with Gasteiger partial charge in [0, 0.05) is 5.38 Å². The molecule has 0 N–H and O–H groups in total. The van der Waals surface area contributed by atoms with Crippen LogP contribution in [0.3, 0.4) is 0 Å². The molecule has 1 aliphatic rings. The van der Waals surface area contributed by atoms with Crippen LogP contribution in [0.2, 0.25) is 0 Å². The Balaban J connectivity index is 2.09. The van der Waals surface area contributed by atoms with Crippen molar-refractivity contribution >= 4 is 35.0 Å². The van der Waals surface area contributed by atoms with E-state index in [0.717, 1.165) is 31.4 Å². The fourth-order valence-corrected chi connectivity index (χ4v) is 2.06. The first-order valence-electron chi connectivity index (χ1n) is 4.56. The lowest BCUT2D eigenvalue weighted by atomic mass is 10.1. The van der Waals surface area contributed by atoms with Crippen LogP contribution in [-0.2, 0) is 4.79 Å². The maximum Gasteiger partial charge on any atom is 0.189 e. The standard InChI is InChI=1S/C9H14ClNOS/c1-7(10)4-2-3-5-8-9(12)6-13-11-8/h7H,2-6H2,1H3. The van der Waals surface area contributed by atoms with Gasteiger partial charge in [-0.05, 0) is 38.1 Å². The van der Waals surface area contributed by atoms with E-state index in [2.05, 4.69) is 4.40 Å². The summed E-state index contributed by atoms with van der Waals surface area (Å²) in [7, 11) is 0. The number of alkyl halides is 1. The van der Waals surface area contributed by atoms with Gasteiger partial charge in [0.15, 0.2) is 5.78 Å². The zero-order chi connectivity index (χ0) is 9.68. The predicted molar refractivity (Wildman–Crippen MR) is 58.7 cm³/mol. The van der Waals surface area contributed by atoms with Gasteiger partial charge in [-0.25, -0.2) is 4.40 Å². The summed E-state index contributed by atoms with van der Waals surface area (Å²) in [6.45, 7) is 2.00. The van der Waals surface area contributed by atoms with Gasteiger partial charge in [-0.15, -0.1) is 11.6 Å². The molecule has 0 amide bonds. The molecule has 0 aromatic carbocycles. The molecule has 1 rings (SSSR count). The molecule has 0 saturated carbocycles. The summed E-state index contributed by atoms with van der Waals surface area (Å²) in [6, 6.07) is 0. The van der Waals surface area contributed by atoms with Crippen molar-refractivity contribution in [2.24, 2.45) is 4.40 Å². The molecule has 1 atom stereocenters. The van der Waals surface area contributed by atoms with E-state index in [9.17, 15) is 4.79 Å². The van der Waals surface area contributed by atoms with Gasteiger partial charge in [0.25, 0.3) is 0 Å². The van der Waals surface area contributed by atoms with Crippen molar-refractivity contribution in [2.45, 2.75) is 38.0 Å². The van der Waals surface area contributed by atoms with Gasteiger partial charge in [0.05, 0.1) is 11.5 Å². The summed E-state index contributed by atoms with van der Waals surface area (Å²) in [6.07, 6.45) is 3.97. The number of rotatable bonds is 5. The first-order chi connectivity index (χ1) is 6.20. The number of carbonyl (C=O) groups excluding carboxylic acids is 1. The zero-order valence-corrected chi connectivity index (χ0v) is 9.33. The topological polar surface area (TPSA) is 29.4 Å². The number of halogens is 1. The molecule has 1 aliphatic heterocycles. The summed E-state index contributed by atoms with van der Waals surface area (Å²) in [5.74, 6) is 0.755. The molecule has 0 aliphatic carbocycles. The second kappa shape index (κ2) is 5.66. The Morgan fingerprint density at radius 1 is 1.62 bits per heavy atom. The van der Waals surface area contributed by atoms with Crippen molar-refractivity contribution in [1.29, 1.82) is 0 Å². The Bertz CT molecular complexity index is 216. The van der Waals surface area contributed by atoms with Crippen molar-refractivity contribution in [3.8, 4) is 0 Å². The van der Waals surface area contributed by atoms with Crippen LogP contribution in [0.25, 0.3) is 0 Å². The van der Waals surface area contributed by atoms with Gasteiger partial charge >= 0.3 is 0 Å². The molecule has 0 spiro atoms. The first-order valence-corrected chi connectivity index (χ1v) is 5.94. The molecule has 13 heavy (non-hydrogen) atoms. The summed E-state index contributed by atoms with van der Waals surface area (Å²) >= 11 is 7.17. The fourth-order valence-electron chi connectivity index (χ4n) is 1.21. The van der Waals surface area contributed by atoms with Crippen molar-refractivity contribution in [3.05, 3.63) is 0 Å². The highest BCUT2D eigenvalue weighted by atomic mass is 35.5. The van der Waals surface area contributed by atoms with E-state index >= 15 is 0 Å². The van der Waals surface area contributed by atoms with Gasteiger partial charge in [0.2, 0.25) is 0 Å². The lowest BCUT2D eigenvalue weighted by molar-refractivity contribution is -0.110. The van der Waals surface area contributed by atoms with E-state index in [1.54, 1.807) is 0 Å². The van der Waals surface area contributed by atoms with Gasteiger partial charge < -0.3 is 0 Å². The molecule has 0 saturated heterocycles. The van der Waals surface area contributed by atoms with Crippen LogP contribution in [0.1, 0.15) is 32.6 Å². The Morgan fingerprint density at radius 2 is 2.38 bits per heavy atom. The average molecular weight is 220 g/mol. The lowest BCUT2D eigenvalue weighted by Gasteiger charge is -2.01. The van der Waals surface area contributed by atoms with Gasteiger partial charge in [-0.2, -0.15) is 0 Å². The highest BCUT2D eigenvalue weighted by Crippen LogP contribution is 2.16. The van der Waals surface area contributed by atoms with Crippen LogP contribution >= 0.6 is 23.5 Å². The predicted octanol–water partition coefficient (Wildman–Crippen LogP) is 2.85. The highest BCUT2D eigenvalue weighted by molar-refractivity contribution is 7.99. The molecule has 4 heteroatoms. The number of ketones is 1. The molecule has 0 aromatic rings. The fraction of sp³-hybridized carbons (Fsp3) is 0.778. The smallest absolute Gasteiger partial charge is 0.189 e. The summed E-state index contributed by atoms with van der Waals surface area (Å²) in [4.78, 5) is 11.1. The number of nitrogens with zero attached hydrogens (tertiary/aromatic N) is 1. The Morgan fingerprint density at radius 3 is 2.92 bits per heavy atom. The highest BCUT2D eigenvalue weighted by Gasteiger charge is 2.16. The maximum atomic E-state index is 11.1. The Kier molecular flexibility index (Phi) is 4.81. The lowest BCUT2D eigenvalue weighted by Crippen LogP contribution is -2.10. The quantitative estimate of drug-likeness (QED) is 0.404. The summed E-state index contributed by atoms with van der Waals surface area (Å²) in [5, 5.41) is 0.246. The molecule has 74 valence electrons. The molecule has 0 radical (unpaired) electrons. The minimum Gasteiger partial charge on any atom is -0.292 e. The third-order valence-electron chi connectivity index (χ3n) is 1.96. The van der Waals surface area contributed by atoms with Crippen LogP contribution in [0.5, 0.6) is 0 Å². The summed E-state index contributed by atoms with van der Waals surface area (Å²) in [5.41, 5.74) is 0.771. The second-order valence-electron chi connectivity index (χ2n) is 3.26. The molecule has 0 fully saturated rings. The van der Waals surface area contributed by atoms with E-state index < -0.39 is 0 Å². The third kappa shape index (κ3) is 4.14. The van der Waals surface area contributed by atoms with E-state index in [1.807, 2.05) is 6.92 Å². The molecular weight excluding hydrogens is 206 g/mol. The number of unbranched alkanes of at least 4 members (excludes halogenated alkanes) is 1. The molecule has 1 unspecified atom stereocenters. The second-order valence-corrected chi connectivity index (χ2v) is 4.74. The van der Waals surface area contributed by atoms with Crippen LogP contribution in [0, 0.1) is 0 Å². The zero-order valence-electron chi connectivity index (χ0n) is 7.75. The number of hydrogen-bond donors (Lipinski definition) is 0. The first kappa shape index (κ1) is 11.1. The van der Waals surface area contributed by atoms with E-state index in [4.69, 9.17) is 11.6 Å². The monoisotopic (exact) mass is 219 g/mol. The largest absolute Gasteiger partial charge is 0.292 e. The van der Waals surface area contributed by atoms with Gasteiger partial charge in [0.1, 0.15) is 0 Å². The van der Waals surface area contributed by atoms with E-state index in [1.165, 1.54) is 11.9 Å². The molecule has 1 heterocycles. The molecule has 0 aromatic heterocycles. The third-order valence-corrected chi connectivity index (χ3v) is 2.92. The molecule has 0 bridgehead atoms. The molecule has 2 nitrogen and oxygen atoms in total. The van der Waals surface area contributed by atoms with Crippen LogP contribution in [0.15, 0.2) is 4.40 Å². The minimum atomic E-state index is 0.212. The SMILES string of the molecule is CC(Cl)CCCCC1=NSCC1=O. The minimum absolute atomic E-state index is 0.212. The van der Waals surface area contributed by atoms with Crippen molar-refractivity contribution in [3.63, 3.8) is 0 Å². The number of Topliss-reactive ketones (excluding diaryl/α,β-unsaturated/α-hetero) is 1. The van der Waals surface area contributed by atoms with Gasteiger partial charge in [-0.1, -0.05) is 6.42 Å². The van der Waals surface area contributed by atoms with Crippen molar-refractivity contribution in [2.75, 3.05) is 5.75 Å². The Hall–Kier alpha value is -0.0200. The number of hydrogen-bond acceptors (Lipinski definition) is 3. The number of carbonyl (C=O) groups is 1. The average Bonchev–Trinajstić information content (AvgIpc) is 2.45. The van der Waals surface area contributed by atoms with Crippen LogP contribution in [0.4, 0.5) is 0 Å². The summed E-state index contributed by atoms with van der Waals surface area (Å²) < 4.78 is 4.08. The van der Waals surface area contributed by atoms with Gasteiger partial charge in [-0.3, -0.25) is 4.79 Å².